The van der Waals surface area contributed by atoms with Crippen LogP contribution in [0.4, 0.5) is 0 Å². The Balaban J connectivity index is 2.98. The van der Waals surface area contributed by atoms with Gasteiger partial charge < -0.3 is 15.0 Å². The van der Waals surface area contributed by atoms with Crippen molar-refractivity contribution in [2.75, 3.05) is 0 Å². The van der Waals surface area contributed by atoms with Crippen LogP contribution in [0, 0.1) is 5.41 Å². The van der Waals surface area contributed by atoms with Crippen molar-refractivity contribution in [2.24, 2.45) is 5.41 Å². The van der Waals surface area contributed by atoms with Gasteiger partial charge in [0.1, 0.15) is 11.7 Å². The van der Waals surface area contributed by atoms with E-state index in [4.69, 9.17) is 0 Å². The molecule has 1 heterocycles. The van der Waals surface area contributed by atoms with Gasteiger partial charge in [-0.3, -0.25) is 4.79 Å². The molecule has 0 aromatic carbocycles. The number of hydrogen-bond acceptors (Lipinski definition) is 2. The highest BCUT2D eigenvalue weighted by Gasteiger charge is 2.33. The lowest BCUT2D eigenvalue weighted by molar-refractivity contribution is -0.142. The molecule has 0 radical (unpaired) electrons. The molecular weight excluding hydrogens is 324 g/mol. The van der Waals surface area contributed by atoms with E-state index in [9.17, 15) is 14.7 Å². The number of carboxylic acids is 1. The minimum absolute atomic E-state index is 0.369. The van der Waals surface area contributed by atoms with E-state index in [0.717, 1.165) is 10.9 Å². The Bertz CT molecular complexity index is 503. The molecule has 0 saturated carbocycles. The van der Waals surface area contributed by atoms with E-state index < -0.39 is 17.4 Å². The lowest BCUT2D eigenvalue weighted by Gasteiger charge is -2.27. The van der Waals surface area contributed by atoms with Gasteiger partial charge in [0.15, 0.2) is 0 Å². The summed E-state index contributed by atoms with van der Waals surface area (Å²) in [6, 6.07) is 0.769. The molecule has 0 spiro atoms. The van der Waals surface area contributed by atoms with Crippen LogP contribution in [0.15, 0.2) is 16.7 Å². The third-order valence-electron chi connectivity index (χ3n) is 2.95. The number of carbonyl (C=O) groups is 2. The number of hydrogen-bond donors (Lipinski definition) is 2. The van der Waals surface area contributed by atoms with Crippen molar-refractivity contribution in [1.29, 1.82) is 0 Å². The van der Waals surface area contributed by atoms with E-state index in [1.54, 1.807) is 26.8 Å². The summed E-state index contributed by atoms with van der Waals surface area (Å²) < 4.78 is 2.62. The van der Waals surface area contributed by atoms with Gasteiger partial charge in [-0.15, -0.1) is 0 Å². The second kappa shape index (κ2) is 6.43. The van der Waals surface area contributed by atoms with Crippen LogP contribution in [-0.2, 0) is 11.3 Å². The average Bonchev–Trinajstić information content (AvgIpc) is 2.65. The first-order valence-electron chi connectivity index (χ1n) is 6.56. The normalized spacial score (nSPS) is 13.1. The Morgan fingerprint density at radius 3 is 2.50 bits per heavy atom. The van der Waals surface area contributed by atoms with Crippen molar-refractivity contribution in [1.82, 2.24) is 9.88 Å². The number of aromatic nitrogens is 1. The van der Waals surface area contributed by atoms with Crippen LogP contribution in [0.1, 0.15) is 44.6 Å². The Morgan fingerprint density at radius 1 is 1.45 bits per heavy atom. The summed E-state index contributed by atoms with van der Waals surface area (Å²) in [7, 11) is 0. The van der Waals surface area contributed by atoms with Crippen LogP contribution in [0.25, 0.3) is 0 Å². The van der Waals surface area contributed by atoms with Gasteiger partial charge in [0.2, 0.25) is 0 Å². The van der Waals surface area contributed by atoms with E-state index in [0.29, 0.717) is 12.2 Å². The van der Waals surface area contributed by atoms with Gasteiger partial charge in [-0.25, -0.2) is 4.79 Å². The lowest BCUT2D eigenvalue weighted by Crippen LogP contribution is -2.49. The van der Waals surface area contributed by atoms with Crippen molar-refractivity contribution in [3.63, 3.8) is 0 Å². The number of carbonyl (C=O) groups excluding carboxylic acids is 1. The van der Waals surface area contributed by atoms with Crippen molar-refractivity contribution < 1.29 is 14.7 Å². The SMILES string of the molecule is CCCn1cc(Br)cc1C(=O)N[C@@H](C(=O)O)C(C)(C)C. The maximum atomic E-state index is 12.3. The second-order valence-electron chi connectivity index (χ2n) is 5.85. The summed E-state index contributed by atoms with van der Waals surface area (Å²) in [6.07, 6.45) is 2.72. The molecule has 1 aromatic heterocycles. The monoisotopic (exact) mass is 344 g/mol. The maximum Gasteiger partial charge on any atom is 0.326 e. The molecule has 2 N–H and O–H groups in total. The highest BCUT2D eigenvalue weighted by atomic mass is 79.9. The van der Waals surface area contributed by atoms with Crippen LogP contribution < -0.4 is 5.32 Å². The third-order valence-corrected chi connectivity index (χ3v) is 3.38. The fourth-order valence-corrected chi connectivity index (χ4v) is 2.41. The molecular formula is C14H21BrN2O3. The van der Waals surface area contributed by atoms with E-state index in [1.807, 2.05) is 17.7 Å². The largest absolute Gasteiger partial charge is 0.480 e. The summed E-state index contributed by atoms with van der Waals surface area (Å²) in [6.45, 7) is 8.08. The molecule has 1 aromatic rings. The van der Waals surface area contributed by atoms with Crippen LogP contribution in [0.3, 0.4) is 0 Å². The fraction of sp³-hybridized carbons (Fsp3) is 0.571. The standard InChI is InChI=1S/C14H21BrN2O3/c1-5-6-17-8-9(15)7-10(17)12(18)16-11(13(19)20)14(2,3)4/h7-8,11H,5-6H2,1-4H3,(H,16,18)(H,19,20)/t11-/m0/s1. The summed E-state index contributed by atoms with van der Waals surface area (Å²) in [5.41, 5.74) is -0.0878. The minimum atomic E-state index is -1.03. The Morgan fingerprint density at radius 2 is 2.05 bits per heavy atom. The van der Waals surface area contributed by atoms with Gasteiger partial charge in [-0.2, -0.15) is 0 Å². The van der Waals surface area contributed by atoms with Gasteiger partial charge in [-0.1, -0.05) is 27.7 Å². The first-order chi connectivity index (χ1) is 9.16. The van der Waals surface area contributed by atoms with Crippen LogP contribution in [0.5, 0.6) is 0 Å². The van der Waals surface area contributed by atoms with Crippen LogP contribution in [0.2, 0.25) is 0 Å². The summed E-state index contributed by atoms with van der Waals surface area (Å²) >= 11 is 3.34. The topological polar surface area (TPSA) is 71.3 Å². The molecule has 5 nitrogen and oxygen atoms in total. The molecule has 0 bridgehead atoms. The predicted octanol–water partition coefficient (Wildman–Crippen LogP) is 2.89. The number of halogens is 1. The Hall–Kier alpha value is -1.30. The quantitative estimate of drug-likeness (QED) is 0.862. The van der Waals surface area contributed by atoms with E-state index in [2.05, 4.69) is 21.2 Å². The number of aryl methyl sites for hydroxylation is 1. The summed E-state index contributed by atoms with van der Waals surface area (Å²) in [5, 5.41) is 11.9. The molecule has 20 heavy (non-hydrogen) atoms. The van der Waals surface area contributed by atoms with E-state index in [1.165, 1.54) is 0 Å². The number of aliphatic carboxylic acids is 1. The molecule has 0 aliphatic rings. The van der Waals surface area contributed by atoms with Crippen molar-refractivity contribution in [3.8, 4) is 0 Å². The number of rotatable bonds is 5. The molecule has 0 unspecified atom stereocenters. The van der Waals surface area contributed by atoms with E-state index in [-0.39, 0.29) is 5.91 Å². The van der Waals surface area contributed by atoms with Gasteiger partial charge in [0.05, 0.1) is 0 Å². The van der Waals surface area contributed by atoms with E-state index >= 15 is 0 Å². The van der Waals surface area contributed by atoms with Crippen molar-refractivity contribution in [3.05, 3.63) is 22.4 Å². The molecule has 0 aliphatic heterocycles. The number of amides is 1. The number of nitrogens with zero attached hydrogens (tertiary/aromatic N) is 1. The third kappa shape index (κ3) is 4.10. The van der Waals surface area contributed by atoms with Gasteiger partial charge in [-0.05, 0) is 33.8 Å². The molecule has 0 saturated heterocycles. The Kier molecular flexibility index (Phi) is 5.39. The van der Waals surface area contributed by atoms with Crippen molar-refractivity contribution in [2.45, 2.75) is 46.7 Å². The molecule has 1 amide bonds. The highest BCUT2D eigenvalue weighted by Crippen LogP contribution is 2.21. The molecule has 6 heteroatoms. The van der Waals surface area contributed by atoms with Gasteiger partial charge in [0, 0.05) is 17.2 Å². The smallest absolute Gasteiger partial charge is 0.326 e. The van der Waals surface area contributed by atoms with Crippen molar-refractivity contribution >= 4 is 27.8 Å². The van der Waals surface area contributed by atoms with Crippen LogP contribution >= 0.6 is 15.9 Å². The molecule has 0 fully saturated rings. The highest BCUT2D eigenvalue weighted by molar-refractivity contribution is 9.10. The lowest BCUT2D eigenvalue weighted by atomic mass is 9.86. The predicted molar refractivity (Wildman–Crippen MR) is 80.8 cm³/mol. The fourth-order valence-electron chi connectivity index (χ4n) is 1.94. The van der Waals surface area contributed by atoms with Gasteiger partial charge >= 0.3 is 5.97 Å². The zero-order valence-electron chi connectivity index (χ0n) is 12.2. The van der Waals surface area contributed by atoms with Crippen LogP contribution in [-0.4, -0.2) is 27.6 Å². The first kappa shape index (κ1) is 16.8. The Labute approximate surface area is 127 Å². The molecule has 112 valence electrons. The molecule has 1 atom stereocenters. The molecule has 0 aliphatic carbocycles. The maximum absolute atomic E-state index is 12.3. The number of carboxylic acid groups (broad SMARTS) is 1. The zero-order chi connectivity index (χ0) is 15.5. The average molecular weight is 345 g/mol. The summed E-state index contributed by atoms with van der Waals surface area (Å²) in [5.74, 6) is -1.40. The van der Waals surface area contributed by atoms with Gasteiger partial charge in [0.25, 0.3) is 5.91 Å². The zero-order valence-corrected chi connectivity index (χ0v) is 13.8. The summed E-state index contributed by atoms with van der Waals surface area (Å²) in [4.78, 5) is 23.6. The number of nitrogens with one attached hydrogen (secondary N) is 1. The minimum Gasteiger partial charge on any atom is -0.480 e. The second-order valence-corrected chi connectivity index (χ2v) is 6.76. The molecule has 1 rings (SSSR count). The first-order valence-corrected chi connectivity index (χ1v) is 7.35.